The molecule has 0 atom stereocenters. The van der Waals surface area contributed by atoms with Crippen LogP contribution in [0.2, 0.25) is 0 Å². The monoisotopic (exact) mass is 326 g/mol. The third-order valence-electron chi connectivity index (χ3n) is 2.01. The first-order valence-electron chi connectivity index (χ1n) is 4.83. The quantitative estimate of drug-likeness (QED) is 0.908. The zero-order chi connectivity index (χ0) is 13.1. The Bertz CT molecular complexity index is 612. The number of aromatic carboxylic acids is 1. The van der Waals surface area contributed by atoms with Gasteiger partial charge in [-0.1, -0.05) is 6.07 Å². The van der Waals surface area contributed by atoms with Crippen LogP contribution in [0, 0.1) is 0 Å². The van der Waals surface area contributed by atoms with E-state index in [1.54, 1.807) is 12.1 Å². The summed E-state index contributed by atoms with van der Waals surface area (Å²) < 4.78 is 0.847. The van der Waals surface area contributed by atoms with Gasteiger partial charge in [0, 0.05) is 0 Å². The predicted molar refractivity (Wildman–Crippen MR) is 71.2 cm³/mol. The number of hydrogen-bond acceptors (Lipinski definition) is 4. The lowest BCUT2D eigenvalue weighted by Crippen LogP contribution is -2.12. The van der Waals surface area contributed by atoms with E-state index >= 15 is 0 Å². The molecule has 0 fully saturated rings. The molecule has 2 N–H and O–H groups in total. The molecule has 5 nitrogen and oxygen atoms in total. The number of nitrogens with one attached hydrogen (secondary N) is 1. The van der Waals surface area contributed by atoms with Crippen LogP contribution in [-0.4, -0.2) is 22.0 Å². The maximum Gasteiger partial charge on any atom is 0.354 e. The molecule has 2 rings (SSSR count). The molecule has 0 unspecified atom stereocenters. The molecule has 0 saturated carbocycles. The summed E-state index contributed by atoms with van der Waals surface area (Å²) in [5, 5.41) is 11.3. The van der Waals surface area contributed by atoms with Crippen molar-refractivity contribution in [2.45, 2.75) is 0 Å². The Balaban J connectivity index is 2.16. The number of halogens is 1. The van der Waals surface area contributed by atoms with Crippen LogP contribution < -0.4 is 5.32 Å². The van der Waals surface area contributed by atoms with Gasteiger partial charge in [0.1, 0.15) is 5.82 Å². The number of hydrogen-bond donors (Lipinski definition) is 2. The molecule has 2 aromatic rings. The highest BCUT2D eigenvalue weighted by Crippen LogP contribution is 2.22. The van der Waals surface area contributed by atoms with Gasteiger partial charge in [0.2, 0.25) is 0 Å². The number of carboxylic acid groups (broad SMARTS) is 1. The van der Waals surface area contributed by atoms with Crippen molar-refractivity contribution in [3.8, 4) is 0 Å². The molecule has 1 amide bonds. The van der Waals surface area contributed by atoms with Crippen molar-refractivity contribution in [1.29, 1.82) is 0 Å². The van der Waals surface area contributed by atoms with E-state index in [2.05, 4.69) is 26.2 Å². The van der Waals surface area contributed by atoms with Gasteiger partial charge < -0.3 is 10.4 Å². The molecule has 7 heteroatoms. The second-order valence-corrected chi connectivity index (χ2v) is 5.73. The zero-order valence-electron chi connectivity index (χ0n) is 8.88. The maximum atomic E-state index is 11.8. The van der Waals surface area contributed by atoms with Crippen LogP contribution >= 0.6 is 27.3 Å². The first kappa shape index (κ1) is 12.7. The number of anilines is 1. The fourth-order valence-corrected chi connectivity index (χ4v) is 2.52. The first-order chi connectivity index (χ1) is 8.56. The fraction of sp³-hybridized carbons (Fsp3) is 0. The Morgan fingerprint density at radius 1 is 1.28 bits per heavy atom. The Labute approximate surface area is 115 Å². The number of pyridine rings is 1. The second-order valence-electron chi connectivity index (χ2n) is 3.27. The summed E-state index contributed by atoms with van der Waals surface area (Å²) in [5.74, 6) is -1.24. The number of rotatable bonds is 3. The summed E-state index contributed by atoms with van der Waals surface area (Å²) in [4.78, 5) is 26.9. The van der Waals surface area contributed by atoms with Gasteiger partial charge >= 0.3 is 5.97 Å². The standard InChI is InChI=1S/C11H7BrN2O3S/c12-8-5-4-7(18-8)10(15)14-9-3-1-2-6(13-9)11(16)17/h1-5H,(H,16,17)(H,13,14,15). The van der Waals surface area contributed by atoms with Gasteiger partial charge in [0.15, 0.2) is 5.69 Å². The molecule has 92 valence electrons. The first-order valence-corrected chi connectivity index (χ1v) is 6.44. The van der Waals surface area contributed by atoms with Crippen molar-refractivity contribution < 1.29 is 14.7 Å². The highest BCUT2D eigenvalue weighted by molar-refractivity contribution is 9.11. The number of carboxylic acids is 1. The van der Waals surface area contributed by atoms with Gasteiger partial charge in [0.05, 0.1) is 8.66 Å². The topological polar surface area (TPSA) is 79.3 Å². The third-order valence-corrected chi connectivity index (χ3v) is 3.63. The number of amides is 1. The van der Waals surface area contributed by atoms with E-state index in [9.17, 15) is 9.59 Å². The minimum absolute atomic E-state index is 0.111. The van der Waals surface area contributed by atoms with E-state index in [0.29, 0.717) is 4.88 Å². The molecule has 0 aromatic carbocycles. The highest BCUT2D eigenvalue weighted by atomic mass is 79.9. The van der Waals surface area contributed by atoms with Gasteiger partial charge in [0.25, 0.3) is 5.91 Å². The Morgan fingerprint density at radius 2 is 2.06 bits per heavy atom. The second kappa shape index (κ2) is 5.28. The summed E-state index contributed by atoms with van der Waals surface area (Å²) >= 11 is 4.55. The van der Waals surface area contributed by atoms with Crippen LogP contribution in [0.1, 0.15) is 20.2 Å². The molecule has 0 radical (unpaired) electrons. The molecule has 2 heterocycles. The van der Waals surface area contributed by atoms with E-state index < -0.39 is 5.97 Å². The molecular formula is C11H7BrN2O3S. The lowest BCUT2D eigenvalue weighted by atomic mass is 10.3. The summed E-state index contributed by atoms with van der Waals surface area (Å²) in [6, 6.07) is 7.86. The fourth-order valence-electron chi connectivity index (χ4n) is 1.24. The Kier molecular flexibility index (Phi) is 3.73. The molecule has 0 spiro atoms. The Morgan fingerprint density at radius 3 is 2.67 bits per heavy atom. The molecule has 18 heavy (non-hydrogen) atoms. The normalized spacial score (nSPS) is 10.1. The molecule has 0 aliphatic heterocycles. The van der Waals surface area contributed by atoms with Gasteiger partial charge in [-0.3, -0.25) is 4.79 Å². The minimum atomic E-state index is -1.13. The van der Waals surface area contributed by atoms with Crippen LogP contribution in [-0.2, 0) is 0 Å². The third kappa shape index (κ3) is 2.93. The average molecular weight is 327 g/mol. The largest absolute Gasteiger partial charge is 0.477 e. The van der Waals surface area contributed by atoms with E-state index in [-0.39, 0.29) is 17.4 Å². The zero-order valence-corrected chi connectivity index (χ0v) is 11.3. The number of aromatic nitrogens is 1. The van der Waals surface area contributed by atoms with E-state index in [0.717, 1.165) is 3.79 Å². The summed E-state index contributed by atoms with van der Waals surface area (Å²) in [6.45, 7) is 0. The number of carbonyl (C=O) groups is 2. The van der Waals surface area contributed by atoms with Crippen LogP contribution in [0.15, 0.2) is 34.1 Å². The highest BCUT2D eigenvalue weighted by Gasteiger charge is 2.11. The summed E-state index contributed by atoms with van der Waals surface area (Å²) in [5.41, 5.74) is -0.111. The molecule has 0 bridgehead atoms. The molecule has 0 saturated heterocycles. The van der Waals surface area contributed by atoms with Crippen LogP contribution in [0.5, 0.6) is 0 Å². The SMILES string of the molecule is O=C(O)c1cccc(NC(=O)c2ccc(Br)s2)n1. The lowest BCUT2D eigenvalue weighted by molar-refractivity contribution is 0.0690. The van der Waals surface area contributed by atoms with Crippen LogP contribution in [0.4, 0.5) is 5.82 Å². The average Bonchev–Trinajstić information content (AvgIpc) is 2.76. The number of thiophene rings is 1. The molecule has 0 aliphatic carbocycles. The molecular weight excluding hydrogens is 320 g/mol. The maximum absolute atomic E-state index is 11.8. The van der Waals surface area contributed by atoms with Crippen molar-refractivity contribution >= 4 is 45.0 Å². The smallest absolute Gasteiger partial charge is 0.354 e. The van der Waals surface area contributed by atoms with Gasteiger partial charge in [-0.2, -0.15) is 0 Å². The van der Waals surface area contributed by atoms with Crippen molar-refractivity contribution in [1.82, 2.24) is 4.98 Å². The molecule has 0 aliphatic rings. The van der Waals surface area contributed by atoms with Gasteiger partial charge in [-0.15, -0.1) is 11.3 Å². The molecule has 2 aromatic heterocycles. The van der Waals surface area contributed by atoms with Crippen molar-refractivity contribution in [3.05, 3.63) is 44.7 Å². The van der Waals surface area contributed by atoms with Gasteiger partial charge in [-0.25, -0.2) is 9.78 Å². The van der Waals surface area contributed by atoms with E-state index in [1.807, 2.05) is 0 Å². The van der Waals surface area contributed by atoms with Crippen molar-refractivity contribution in [2.24, 2.45) is 0 Å². The summed E-state index contributed by atoms with van der Waals surface area (Å²) in [7, 11) is 0. The van der Waals surface area contributed by atoms with Crippen molar-refractivity contribution in [3.63, 3.8) is 0 Å². The minimum Gasteiger partial charge on any atom is -0.477 e. The Hall–Kier alpha value is -1.73. The predicted octanol–water partition coefficient (Wildman–Crippen LogP) is 2.86. The van der Waals surface area contributed by atoms with Crippen LogP contribution in [0.3, 0.4) is 0 Å². The van der Waals surface area contributed by atoms with E-state index in [1.165, 1.54) is 29.5 Å². The van der Waals surface area contributed by atoms with Crippen molar-refractivity contribution in [2.75, 3.05) is 5.32 Å². The van der Waals surface area contributed by atoms with Gasteiger partial charge in [-0.05, 0) is 40.2 Å². The lowest BCUT2D eigenvalue weighted by Gasteiger charge is -2.03. The summed E-state index contributed by atoms with van der Waals surface area (Å²) in [6.07, 6.45) is 0. The number of carbonyl (C=O) groups excluding carboxylic acids is 1. The number of nitrogens with zero attached hydrogens (tertiary/aromatic N) is 1. The van der Waals surface area contributed by atoms with Crippen LogP contribution in [0.25, 0.3) is 0 Å². The van der Waals surface area contributed by atoms with E-state index in [4.69, 9.17) is 5.11 Å².